The van der Waals surface area contributed by atoms with E-state index in [9.17, 15) is 4.79 Å². The minimum atomic E-state index is -0.113. The van der Waals surface area contributed by atoms with Gasteiger partial charge in [-0.1, -0.05) is 0 Å². The Balaban J connectivity index is 1.81. The number of hydrogen-bond acceptors (Lipinski definition) is 5. The molecule has 5 nitrogen and oxygen atoms in total. The van der Waals surface area contributed by atoms with Crippen molar-refractivity contribution in [2.45, 2.75) is 37.1 Å². The van der Waals surface area contributed by atoms with Crippen molar-refractivity contribution >= 4 is 17.7 Å². The summed E-state index contributed by atoms with van der Waals surface area (Å²) in [5.74, 6) is 0.828. The quantitative estimate of drug-likeness (QED) is 0.832. The molecule has 0 saturated carbocycles. The maximum Gasteiger partial charge on any atom is 0.237 e. The van der Waals surface area contributed by atoms with Crippen molar-refractivity contribution in [3.05, 3.63) is 24.2 Å². The van der Waals surface area contributed by atoms with E-state index in [-0.39, 0.29) is 16.7 Å². The normalized spacial score (nSPS) is 20.1. The van der Waals surface area contributed by atoms with Crippen LogP contribution in [0.5, 0.6) is 0 Å². The molecule has 1 aromatic heterocycles. The maximum atomic E-state index is 12.2. The fourth-order valence-corrected chi connectivity index (χ4v) is 3.47. The highest BCUT2D eigenvalue weighted by atomic mass is 32.2. The Morgan fingerprint density at radius 1 is 1.57 bits per heavy atom. The summed E-state index contributed by atoms with van der Waals surface area (Å²) in [6, 6.07) is 3.57. The standard InChI is InChI=1S/C15H25N3O2S/c1-12(14(19)17-10-13-4-3-9-20-13)18-7-5-15(11-16,21-2)6-8-18/h3-4,9,12H,5-8,10-11,16H2,1-2H3,(H,17,19). The van der Waals surface area contributed by atoms with Gasteiger partial charge < -0.3 is 15.5 Å². The molecule has 1 unspecified atom stereocenters. The van der Waals surface area contributed by atoms with Crippen molar-refractivity contribution in [3.63, 3.8) is 0 Å². The molecule has 2 rings (SSSR count). The Morgan fingerprint density at radius 3 is 2.81 bits per heavy atom. The topological polar surface area (TPSA) is 71.5 Å². The Hall–Kier alpha value is -0.980. The summed E-state index contributed by atoms with van der Waals surface area (Å²) in [5.41, 5.74) is 5.90. The number of carbonyl (C=O) groups is 1. The molecule has 1 saturated heterocycles. The van der Waals surface area contributed by atoms with Crippen LogP contribution >= 0.6 is 11.8 Å². The predicted octanol–water partition coefficient (Wildman–Crippen LogP) is 1.44. The largest absolute Gasteiger partial charge is 0.467 e. The molecule has 1 aliphatic rings. The van der Waals surface area contributed by atoms with E-state index < -0.39 is 0 Å². The Morgan fingerprint density at radius 2 is 2.29 bits per heavy atom. The van der Waals surface area contributed by atoms with Crippen molar-refractivity contribution in [2.75, 3.05) is 25.9 Å². The zero-order valence-electron chi connectivity index (χ0n) is 12.8. The average molecular weight is 311 g/mol. The molecular weight excluding hydrogens is 286 g/mol. The maximum absolute atomic E-state index is 12.2. The second-order valence-corrected chi connectivity index (χ2v) is 6.87. The molecule has 0 radical (unpaired) electrons. The van der Waals surface area contributed by atoms with E-state index in [0.29, 0.717) is 13.1 Å². The third kappa shape index (κ3) is 4.02. The Kier molecular flexibility index (Phi) is 5.72. The van der Waals surface area contributed by atoms with Gasteiger partial charge in [0.2, 0.25) is 5.91 Å². The first-order valence-electron chi connectivity index (χ1n) is 7.39. The molecule has 21 heavy (non-hydrogen) atoms. The highest BCUT2D eigenvalue weighted by Gasteiger charge is 2.35. The zero-order valence-corrected chi connectivity index (χ0v) is 13.6. The first kappa shape index (κ1) is 16.4. The number of thioether (sulfide) groups is 1. The Bertz CT molecular complexity index is 436. The van der Waals surface area contributed by atoms with E-state index >= 15 is 0 Å². The zero-order chi connectivity index (χ0) is 15.3. The lowest BCUT2D eigenvalue weighted by Crippen LogP contribution is -2.52. The van der Waals surface area contributed by atoms with Gasteiger partial charge in [0.25, 0.3) is 0 Å². The first-order chi connectivity index (χ1) is 10.1. The fraction of sp³-hybridized carbons (Fsp3) is 0.667. The number of hydrogen-bond donors (Lipinski definition) is 2. The van der Waals surface area contributed by atoms with Crippen LogP contribution in [0.15, 0.2) is 22.8 Å². The van der Waals surface area contributed by atoms with Crippen molar-refractivity contribution in [3.8, 4) is 0 Å². The van der Waals surface area contributed by atoms with Crippen LogP contribution in [0.4, 0.5) is 0 Å². The number of nitrogens with one attached hydrogen (secondary N) is 1. The Labute approximate surface area is 130 Å². The fourth-order valence-electron chi connectivity index (χ4n) is 2.71. The molecule has 1 amide bonds. The highest BCUT2D eigenvalue weighted by molar-refractivity contribution is 8.00. The summed E-state index contributed by atoms with van der Waals surface area (Å²) < 4.78 is 5.42. The number of amides is 1. The van der Waals surface area contributed by atoms with Gasteiger partial charge in [0.1, 0.15) is 5.76 Å². The second kappa shape index (κ2) is 7.33. The summed E-state index contributed by atoms with van der Waals surface area (Å²) in [4.78, 5) is 14.5. The predicted molar refractivity (Wildman–Crippen MR) is 86.1 cm³/mol. The molecule has 1 aromatic rings. The van der Waals surface area contributed by atoms with E-state index in [1.807, 2.05) is 30.8 Å². The van der Waals surface area contributed by atoms with Crippen LogP contribution in [-0.2, 0) is 11.3 Å². The number of nitrogens with zero attached hydrogens (tertiary/aromatic N) is 1. The van der Waals surface area contributed by atoms with E-state index in [0.717, 1.165) is 31.7 Å². The van der Waals surface area contributed by atoms with Gasteiger partial charge in [0.15, 0.2) is 0 Å². The van der Waals surface area contributed by atoms with Gasteiger partial charge in [-0.2, -0.15) is 11.8 Å². The van der Waals surface area contributed by atoms with Crippen LogP contribution in [0.25, 0.3) is 0 Å². The van der Waals surface area contributed by atoms with Gasteiger partial charge >= 0.3 is 0 Å². The summed E-state index contributed by atoms with van der Waals surface area (Å²) in [6.07, 6.45) is 5.83. The van der Waals surface area contributed by atoms with E-state index in [2.05, 4.69) is 16.5 Å². The van der Waals surface area contributed by atoms with Gasteiger partial charge in [-0.05, 0) is 38.2 Å². The minimum Gasteiger partial charge on any atom is -0.467 e. The smallest absolute Gasteiger partial charge is 0.237 e. The summed E-state index contributed by atoms with van der Waals surface area (Å²) >= 11 is 1.86. The number of nitrogens with two attached hydrogens (primary N) is 1. The molecule has 1 atom stereocenters. The molecule has 118 valence electrons. The monoisotopic (exact) mass is 311 g/mol. The van der Waals surface area contributed by atoms with Crippen LogP contribution in [-0.4, -0.2) is 47.5 Å². The van der Waals surface area contributed by atoms with Crippen LogP contribution in [0.2, 0.25) is 0 Å². The van der Waals surface area contributed by atoms with Gasteiger partial charge in [0, 0.05) is 24.4 Å². The van der Waals surface area contributed by atoms with E-state index in [1.165, 1.54) is 0 Å². The molecule has 0 aliphatic carbocycles. The van der Waals surface area contributed by atoms with Crippen LogP contribution in [0.3, 0.4) is 0 Å². The summed E-state index contributed by atoms with van der Waals surface area (Å²) in [6.45, 7) is 4.97. The number of furan rings is 1. The van der Waals surface area contributed by atoms with Crippen molar-refractivity contribution in [1.82, 2.24) is 10.2 Å². The molecular formula is C15H25N3O2S. The number of likely N-dealkylation sites (tertiary alicyclic amines) is 1. The number of rotatable bonds is 6. The molecule has 1 aliphatic heterocycles. The third-order valence-corrected chi connectivity index (χ3v) is 5.90. The lowest BCUT2D eigenvalue weighted by atomic mass is 9.95. The van der Waals surface area contributed by atoms with E-state index in [4.69, 9.17) is 10.2 Å². The molecule has 2 heterocycles. The van der Waals surface area contributed by atoms with Crippen molar-refractivity contribution in [1.29, 1.82) is 0 Å². The highest BCUT2D eigenvalue weighted by Crippen LogP contribution is 2.33. The lowest BCUT2D eigenvalue weighted by Gasteiger charge is -2.41. The van der Waals surface area contributed by atoms with Gasteiger partial charge in [0.05, 0.1) is 18.8 Å². The summed E-state index contributed by atoms with van der Waals surface area (Å²) in [7, 11) is 0. The lowest BCUT2D eigenvalue weighted by molar-refractivity contribution is -0.126. The molecule has 0 bridgehead atoms. The van der Waals surface area contributed by atoms with Crippen LogP contribution in [0, 0.1) is 0 Å². The second-order valence-electron chi connectivity index (χ2n) is 5.60. The molecule has 1 fully saturated rings. The van der Waals surface area contributed by atoms with Gasteiger partial charge in [-0.25, -0.2) is 0 Å². The van der Waals surface area contributed by atoms with E-state index in [1.54, 1.807) is 6.26 Å². The van der Waals surface area contributed by atoms with Crippen molar-refractivity contribution in [2.24, 2.45) is 5.73 Å². The molecule has 0 spiro atoms. The SMILES string of the molecule is CSC1(CN)CCN(C(C)C(=O)NCc2ccco2)CC1. The third-order valence-electron chi connectivity index (χ3n) is 4.46. The summed E-state index contributed by atoms with van der Waals surface area (Å²) in [5, 5.41) is 2.93. The molecule has 6 heteroatoms. The molecule has 0 aromatic carbocycles. The van der Waals surface area contributed by atoms with Crippen molar-refractivity contribution < 1.29 is 9.21 Å². The van der Waals surface area contributed by atoms with Gasteiger partial charge in [-0.3, -0.25) is 9.69 Å². The number of carbonyl (C=O) groups excluding carboxylic acids is 1. The molecule has 3 N–H and O–H groups in total. The average Bonchev–Trinajstić information content (AvgIpc) is 3.05. The van der Waals surface area contributed by atoms with Gasteiger partial charge in [-0.15, -0.1) is 0 Å². The minimum absolute atomic E-state index is 0.0517. The van der Waals surface area contributed by atoms with Crippen LogP contribution in [0.1, 0.15) is 25.5 Å². The number of piperidine rings is 1. The van der Waals surface area contributed by atoms with Crippen LogP contribution < -0.4 is 11.1 Å². The first-order valence-corrected chi connectivity index (χ1v) is 8.62.